The van der Waals surface area contributed by atoms with E-state index in [1.807, 2.05) is 13.8 Å². The lowest BCUT2D eigenvalue weighted by Gasteiger charge is -2.37. The van der Waals surface area contributed by atoms with Gasteiger partial charge in [-0.1, -0.05) is 43.0 Å². The van der Waals surface area contributed by atoms with Crippen LogP contribution in [0.25, 0.3) is 0 Å². The molecule has 9 nitrogen and oxygen atoms in total. The quantitative estimate of drug-likeness (QED) is 0.265. The smallest absolute Gasteiger partial charge is 0.320 e. The maximum atomic E-state index is 13.1. The summed E-state index contributed by atoms with van der Waals surface area (Å²) in [6, 6.07) is -1.11. The molecule has 2 rings (SSSR count). The van der Waals surface area contributed by atoms with Crippen molar-refractivity contribution >= 4 is 34.5 Å². The van der Waals surface area contributed by atoms with Crippen molar-refractivity contribution in [1.82, 2.24) is 9.80 Å². The zero-order valence-electron chi connectivity index (χ0n) is 16.9. The Bertz CT molecular complexity index is 697. The molecule has 6 atom stereocenters. The SMILES string of the molecule is C=C1N(C)C=C(C2O[C@H](CC(C)(I)CC)[C@@H](O)[C@H]2O)C(=O)N1CCC(N)C(=O)O. The molecule has 2 heterocycles. The van der Waals surface area contributed by atoms with Gasteiger partial charge in [0.15, 0.2) is 0 Å². The number of nitrogens with zero attached hydrogens (tertiary/aromatic N) is 2. The summed E-state index contributed by atoms with van der Waals surface area (Å²) < 4.78 is 5.82. The first-order chi connectivity index (χ1) is 13.4. The van der Waals surface area contributed by atoms with Crippen LogP contribution in [-0.2, 0) is 14.3 Å². The van der Waals surface area contributed by atoms with Gasteiger partial charge in [0.1, 0.15) is 30.2 Å². The fraction of sp³-hybridized carbons (Fsp3) is 0.684. The highest BCUT2D eigenvalue weighted by Gasteiger charge is 2.49. The molecule has 0 aromatic heterocycles. The van der Waals surface area contributed by atoms with E-state index >= 15 is 0 Å². The summed E-state index contributed by atoms with van der Waals surface area (Å²) in [7, 11) is 1.69. The van der Waals surface area contributed by atoms with Crippen LogP contribution in [0.2, 0.25) is 0 Å². The number of ether oxygens (including phenoxy) is 1. The van der Waals surface area contributed by atoms with Crippen LogP contribution < -0.4 is 5.73 Å². The van der Waals surface area contributed by atoms with E-state index in [1.165, 1.54) is 11.1 Å². The van der Waals surface area contributed by atoms with Crippen LogP contribution in [0, 0.1) is 0 Å². The van der Waals surface area contributed by atoms with E-state index < -0.39 is 42.3 Å². The minimum absolute atomic E-state index is 0.0459. The Kier molecular flexibility index (Phi) is 7.71. The third kappa shape index (κ3) is 5.29. The Morgan fingerprint density at radius 1 is 1.45 bits per heavy atom. The largest absolute Gasteiger partial charge is 0.480 e. The summed E-state index contributed by atoms with van der Waals surface area (Å²) in [6.07, 6.45) is -0.981. The molecule has 5 N–H and O–H groups in total. The zero-order chi connectivity index (χ0) is 22.1. The molecule has 0 aromatic rings. The summed E-state index contributed by atoms with van der Waals surface area (Å²) in [5.41, 5.74) is 5.74. The number of carbonyl (C=O) groups excluding carboxylic acids is 1. The Morgan fingerprint density at radius 2 is 2.07 bits per heavy atom. The molecule has 0 spiro atoms. The number of hydrogen-bond donors (Lipinski definition) is 4. The number of halogens is 1. The summed E-state index contributed by atoms with van der Waals surface area (Å²) >= 11 is 2.30. The van der Waals surface area contributed by atoms with E-state index in [0.717, 1.165) is 6.42 Å². The molecule has 1 amide bonds. The number of rotatable bonds is 8. The standard InChI is InChI=1S/C19H30IN3O6/c1-5-19(3,20)8-13-14(24)15(25)16(29-13)11-9-22(4)10(2)23(17(11)26)7-6-12(21)18(27)28/h9,12-16,24-25H,2,5-8,21H2,1,3-4H3,(H,27,28)/t12?,13-,14-,15-,16?,19?/m1/s1. The number of carboxylic acid groups (broad SMARTS) is 1. The number of aliphatic hydroxyl groups excluding tert-OH is 2. The number of alkyl halides is 1. The maximum Gasteiger partial charge on any atom is 0.320 e. The van der Waals surface area contributed by atoms with Crippen LogP contribution in [0.5, 0.6) is 0 Å². The number of amides is 1. The number of aliphatic hydroxyl groups is 2. The molecule has 2 aliphatic heterocycles. The lowest BCUT2D eigenvalue weighted by atomic mass is 9.95. The number of hydrogen-bond acceptors (Lipinski definition) is 7. The van der Waals surface area contributed by atoms with Crippen LogP contribution in [-0.4, -0.2) is 84.5 Å². The van der Waals surface area contributed by atoms with Gasteiger partial charge in [-0.2, -0.15) is 0 Å². The van der Waals surface area contributed by atoms with Crippen LogP contribution in [0.4, 0.5) is 0 Å². The van der Waals surface area contributed by atoms with Gasteiger partial charge in [0.25, 0.3) is 5.91 Å². The number of aliphatic carboxylic acids is 1. The average molecular weight is 523 g/mol. The fourth-order valence-corrected chi connectivity index (χ4v) is 3.79. The van der Waals surface area contributed by atoms with Crippen LogP contribution in [0.1, 0.15) is 33.1 Å². The molecule has 0 aliphatic carbocycles. The lowest BCUT2D eigenvalue weighted by Crippen LogP contribution is -2.47. The molecule has 2 aliphatic rings. The Hall–Kier alpha value is -1.21. The fourth-order valence-electron chi connectivity index (χ4n) is 3.36. The maximum absolute atomic E-state index is 13.1. The second-order valence-electron chi connectivity index (χ2n) is 7.85. The zero-order valence-corrected chi connectivity index (χ0v) is 19.1. The Balaban J connectivity index is 2.20. The highest BCUT2D eigenvalue weighted by molar-refractivity contribution is 14.1. The highest BCUT2D eigenvalue weighted by atomic mass is 127. The number of nitrogens with two attached hydrogens (primary N) is 1. The molecular weight excluding hydrogens is 493 g/mol. The normalized spacial score (nSPS) is 30.9. The molecular formula is C19H30IN3O6. The van der Waals surface area contributed by atoms with Gasteiger partial charge in [-0.3, -0.25) is 14.5 Å². The van der Waals surface area contributed by atoms with E-state index in [0.29, 0.717) is 12.2 Å². The number of carboxylic acids is 1. The van der Waals surface area contributed by atoms with Crippen molar-refractivity contribution in [3.8, 4) is 0 Å². The second-order valence-corrected chi connectivity index (χ2v) is 10.5. The average Bonchev–Trinajstić information content (AvgIpc) is 2.92. The van der Waals surface area contributed by atoms with Gasteiger partial charge in [-0.05, 0) is 19.3 Å². The summed E-state index contributed by atoms with van der Waals surface area (Å²) in [6.45, 7) is 8.00. The Labute approximate surface area is 184 Å². The van der Waals surface area contributed by atoms with Gasteiger partial charge in [-0.25, -0.2) is 0 Å². The van der Waals surface area contributed by atoms with Crippen LogP contribution in [0.15, 0.2) is 24.2 Å². The van der Waals surface area contributed by atoms with E-state index in [9.17, 15) is 19.8 Å². The van der Waals surface area contributed by atoms with Crippen molar-refractivity contribution in [1.29, 1.82) is 0 Å². The van der Waals surface area contributed by atoms with Gasteiger partial charge >= 0.3 is 5.97 Å². The van der Waals surface area contributed by atoms with Crippen molar-refractivity contribution in [3.05, 3.63) is 24.2 Å². The third-order valence-electron chi connectivity index (χ3n) is 5.56. The van der Waals surface area contributed by atoms with Gasteiger partial charge in [0.05, 0.1) is 11.7 Å². The summed E-state index contributed by atoms with van der Waals surface area (Å²) in [5, 5.41) is 30.0. The lowest BCUT2D eigenvalue weighted by molar-refractivity contribution is -0.139. The van der Waals surface area contributed by atoms with E-state index in [-0.39, 0.29) is 22.0 Å². The molecule has 10 heteroatoms. The van der Waals surface area contributed by atoms with Gasteiger partial charge in [-0.15, -0.1) is 0 Å². The van der Waals surface area contributed by atoms with E-state index in [1.54, 1.807) is 11.9 Å². The first-order valence-electron chi connectivity index (χ1n) is 9.53. The highest BCUT2D eigenvalue weighted by Crippen LogP contribution is 2.37. The molecule has 164 valence electrons. The van der Waals surface area contributed by atoms with Crippen LogP contribution in [0.3, 0.4) is 0 Å². The van der Waals surface area contributed by atoms with E-state index in [2.05, 4.69) is 29.2 Å². The minimum atomic E-state index is -1.25. The predicted octanol–water partition coefficient (Wildman–Crippen LogP) is 0.401. The molecule has 0 saturated carbocycles. The first kappa shape index (κ1) is 24.1. The van der Waals surface area contributed by atoms with Crippen molar-refractivity contribution in [3.63, 3.8) is 0 Å². The minimum Gasteiger partial charge on any atom is -0.480 e. The molecule has 3 unspecified atom stereocenters. The van der Waals surface area contributed by atoms with Crippen molar-refractivity contribution in [2.45, 2.75) is 67.0 Å². The molecule has 0 radical (unpaired) electrons. The molecule has 1 saturated heterocycles. The monoisotopic (exact) mass is 523 g/mol. The molecule has 1 fully saturated rings. The molecule has 0 aromatic carbocycles. The van der Waals surface area contributed by atoms with Crippen molar-refractivity contribution in [2.75, 3.05) is 13.6 Å². The van der Waals surface area contributed by atoms with Gasteiger partial charge in [0, 0.05) is 23.2 Å². The van der Waals surface area contributed by atoms with Crippen molar-refractivity contribution < 1.29 is 29.6 Å². The predicted molar refractivity (Wildman–Crippen MR) is 115 cm³/mol. The van der Waals surface area contributed by atoms with Gasteiger partial charge < -0.3 is 30.7 Å². The second kappa shape index (κ2) is 9.29. The Morgan fingerprint density at radius 3 is 2.62 bits per heavy atom. The number of carbonyl (C=O) groups is 2. The first-order valence-corrected chi connectivity index (χ1v) is 10.6. The third-order valence-corrected chi connectivity index (χ3v) is 6.76. The van der Waals surface area contributed by atoms with Crippen molar-refractivity contribution in [2.24, 2.45) is 5.73 Å². The summed E-state index contributed by atoms with van der Waals surface area (Å²) in [5.74, 6) is -1.23. The molecule has 0 bridgehead atoms. The van der Waals surface area contributed by atoms with Gasteiger partial charge in [0.2, 0.25) is 0 Å². The topological polar surface area (TPSA) is 137 Å². The summed E-state index contributed by atoms with van der Waals surface area (Å²) in [4.78, 5) is 27.0. The molecule has 29 heavy (non-hydrogen) atoms. The van der Waals surface area contributed by atoms with E-state index in [4.69, 9.17) is 15.6 Å². The van der Waals surface area contributed by atoms with Crippen LogP contribution >= 0.6 is 22.6 Å².